The zero-order valence-electron chi connectivity index (χ0n) is 14.3. The molecule has 2 amide bonds. The number of likely N-dealkylation sites (tertiary alicyclic amines) is 2. The topological polar surface area (TPSA) is 49.9 Å². The van der Waals surface area contributed by atoms with Crippen LogP contribution in [0.3, 0.4) is 0 Å². The van der Waals surface area contributed by atoms with Gasteiger partial charge in [0.25, 0.3) is 0 Å². The number of carbonyl (C=O) groups excluding carboxylic acids is 2. The summed E-state index contributed by atoms with van der Waals surface area (Å²) in [6.45, 7) is 2.69. The molecule has 0 unspecified atom stereocenters. The molecular weight excluding hydrogens is 304 g/mol. The maximum absolute atomic E-state index is 12.5. The zero-order valence-corrected chi connectivity index (χ0v) is 14.3. The van der Waals surface area contributed by atoms with Crippen molar-refractivity contribution in [2.45, 2.75) is 31.8 Å². The molecule has 5 heteroatoms. The fraction of sp³-hybridized carbons (Fsp3) is 0.579. The molecule has 0 N–H and O–H groups in total. The average Bonchev–Trinajstić information content (AvgIpc) is 3.19. The van der Waals surface area contributed by atoms with E-state index in [1.165, 1.54) is 5.56 Å². The van der Waals surface area contributed by atoms with E-state index in [1.807, 2.05) is 11.0 Å². The van der Waals surface area contributed by atoms with Crippen molar-refractivity contribution in [1.29, 1.82) is 0 Å². The number of rotatable bonds is 6. The van der Waals surface area contributed by atoms with Crippen LogP contribution in [0.15, 0.2) is 30.3 Å². The quantitative estimate of drug-likeness (QED) is 0.746. The number of carbonyl (C=O) groups is 2. The predicted molar refractivity (Wildman–Crippen MR) is 91.4 cm³/mol. The van der Waals surface area contributed by atoms with Crippen molar-refractivity contribution in [2.24, 2.45) is 5.92 Å². The number of nitrogens with zero attached hydrogens (tertiary/aromatic N) is 2. The monoisotopic (exact) mass is 330 g/mol. The number of hydrogen-bond acceptors (Lipinski definition) is 3. The third kappa shape index (κ3) is 4.15. The third-order valence-corrected chi connectivity index (χ3v) is 4.95. The Labute approximate surface area is 143 Å². The van der Waals surface area contributed by atoms with E-state index >= 15 is 0 Å². The Morgan fingerprint density at radius 1 is 1.25 bits per heavy atom. The molecule has 0 bridgehead atoms. The maximum Gasteiger partial charge on any atom is 0.228 e. The normalized spacial score (nSPS) is 24.0. The molecule has 2 saturated heterocycles. The third-order valence-electron chi connectivity index (χ3n) is 4.95. The van der Waals surface area contributed by atoms with Gasteiger partial charge < -0.3 is 14.5 Å². The lowest BCUT2D eigenvalue weighted by atomic mass is 10.1. The highest BCUT2D eigenvalue weighted by atomic mass is 16.5. The van der Waals surface area contributed by atoms with Gasteiger partial charge in [-0.1, -0.05) is 30.3 Å². The van der Waals surface area contributed by atoms with Crippen LogP contribution in [-0.4, -0.2) is 61.0 Å². The minimum Gasteiger partial charge on any atom is -0.376 e. The minimum atomic E-state index is -0.167. The van der Waals surface area contributed by atoms with E-state index in [-0.39, 0.29) is 23.8 Å². The van der Waals surface area contributed by atoms with Gasteiger partial charge in [-0.25, -0.2) is 0 Å². The number of aryl methyl sites for hydroxylation is 1. The second-order valence-corrected chi connectivity index (χ2v) is 6.83. The van der Waals surface area contributed by atoms with Crippen LogP contribution in [0.2, 0.25) is 0 Å². The Bertz CT molecular complexity index is 575. The van der Waals surface area contributed by atoms with Crippen molar-refractivity contribution < 1.29 is 14.3 Å². The predicted octanol–water partition coefficient (Wildman–Crippen LogP) is 1.71. The Kier molecular flexibility index (Phi) is 5.51. The van der Waals surface area contributed by atoms with Crippen molar-refractivity contribution >= 4 is 11.8 Å². The smallest absolute Gasteiger partial charge is 0.228 e. The molecule has 2 heterocycles. The maximum atomic E-state index is 12.5. The molecule has 3 rings (SSSR count). The molecule has 130 valence electrons. The van der Waals surface area contributed by atoms with Crippen molar-refractivity contribution in [3.05, 3.63) is 35.9 Å². The molecule has 0 radical (unpaired) electrons. The molecule has 2 atom stereocenters. The van der Waals surface area contributed by atoms with Crippen molar-refractivity contribution in [3.8, 4) is 0 Å². The summed E-state index contributed by atoms with van der Waals surface area (Å²) in [6, 6.07) is 10.4. The lowest BCUT2D eigenvalue weighted by Crippen LogP contribution is -2.36. The van der Waals surface area contributed by atoms with Gasteiger partial charge in [-0.15, -0.1) is 0 Å². The highest BCUT2D eigenvalue weighted by molar-refractivity contribution is 5.89. The van der Waals surface area contributed by atoms with Gasteiger partial charge in [-0.2, -0.15) is 0 Å². The number of amides is 2. The van der Waals surface area contributed by atoms with Gasteiger partial charge >= 0.3 is 0 Å². The van der Waals surface area contributed by atoms with E-state index in [0.717, 1.165) is 32.4 Å². The Morgan fingerprint density at radius 3 is 2.75 bits per heavy atom. The van der Waals surface area contributed by atoms with Crippen molar-refractivity contribution in [1.82, 2.24) is 9.80 Å². The molecule has 0 spiro atoms. The van der Waals surface area contributed by atoms with Crippen molar-refractivity contribution in [3.63, 3.8) is 0 Å². The van der Waals surface area contributed by atoms with E-state index in [0.29, 0.717) is 19.5 Å². The highest BCUT2D eigenvalue weighted by Gasteiger charge is 2.37. The number of hydrogen-bond donors (Lipinski definition) is 0. The van der Waals surface area contributed by atoms with Crippen LogP contribution in [0.25, 0.3) is 0 Å². The van der Waals surface area contributed by atoms with Gasteiger partial charge in [0.1, 0.15) is 0 Å². The van der Waals surface area contributed by atoms with Crippen LogP contribution in [0, 0.1) is 5.92 Å². The number of ether oxygens (including phenoxy) is 1. The molecule has 0 saturated carbocycles. The summed E-state index contributed by atoms with van der Waals surface area (Å²) in [7, 11) is 1.76. The summed E-state index contributed by atoms with van der Waals surface area (Å²) >= 11 is 0. The molecule has 5 nitrogen and oxygen atoms in total. The average molecular weight is 330 g/mol. The van der Waals surface area contributed by atoms with E-state index < -0.39 is 0 Å². The summed E-state index contributed by atoms with van der Waals surface area (Å²) in [5.41, 5.74) is 1.33. The second kappa shape index (κ2) is 7.79. The SMILES string of the molecule is CN1C[C@H](C(=O)N2CC[C@H](OCCCc3ccccc3)C2)CC1=O. The Morgan fingerprint density at radius 2 is 2.04 bits per heavy atom. The Hall–Kier alpha value is -1.88. The molecule has 2 aliphatic rings. The van der Waals surface area contributed by atoms with Crippen LogP contribution >= 0.6 is 0 Å². The molecule has 0 aliphatic carbocycles. The van der Waals surface area contributed by atoms with E-state index in [4.69, 9.17) is 4.74 Å². The molecular formula is C19H26N2O3. The van der Waals surface area contributed by atoms with Crippen LogP contribution in [0.1, 0.15) is 24.8 Å². The fourth-order valence-corrected chi connectivity index (χ4v) is 3.52. The molecule has 1 aromatic rings. The van der Waals surface area contributed by atoms with Gasteiger partial charge in [0, 0.05) is 39.7 Å². The molecule has 2 aliphatic heterocycles. The Balaban J connectivity index is 1.36. The van der Waals surface area contributed by atoms with E-state index in [1.54, 1.807) is 11.9 Å². The first-order valence-corrected chi connectivity index (χ1v) is 8.82. The van der Waals surface area contributed by atoms with Gasteiger partial charge in [-0.05, 0) is 24.8 Å². The summed E-state index contributed by atoms with van der Waals surface area (Å²) in [5, 5.41) is 0. The van der Waals surface area contributed by atoms with Crippen LogP contribution in [0.5, 0.6) is 0 Å². The summed E-state index contributed by atoms with van der Waals surface area (Å²) in [5.74, 6) is 0.0173. The lowest BCUT2D eigenvalue weighted by Gasteiger charge is -2.20. The lowest BCUT2D eigenvalue weighted by molar-refractivity contribution is -0.135. The van der Waals surface area contributed by atoms with E-state index in [9.17, 15) is 9.59 Å². The first-order chi connectivity index (χ1) is 11.6. The van der Waals surface area contributed by atoms with Crippen LogP contribution in [-0.2, 0) is 20.7 Å². The summed E-state index contributed by atoms with van der Waals surface area (Å²) in [6.07, 6.45) is 3.41. The van der Waals surface area contributed by atoms with Crippen molar-refractivity contribution in [2.75, 3.05) is 33.3 Å². The van der Waals surface area contributed by atoms with Crippen LogP contribution < -0.4 is 0 Å². The van der Waals surface area contributed by atoms with Crippen LogP contribution in [0.4, 0.5) is 0 Å². The van der Waals surface area contributed by atoms with Gasteiger partial charge in [0.2, 0.25) is 11.8 Å². The fourth-order valence-electron chi connectivity index (χ4n) is 3.52. The molecule has 24 heavy (non-hydrogen) atoms. The highest BCUT2D eigenvalue weighted by Crippen LogP contribution is 2.22. The van der Waals surface area contributed by atoms with Gasteiger partial charge in [-0.3, -0.25) is 9.59 Å². The summed E-state index contributed by atoms with van der Waals surface area (Å²) < 4.78 is 5.94. The molecule has 0 aromatic heterocycles. The first kappa shape index (κ1) is 17.0. The first-order valence-electron chi connectivity index (χ1n) is 8.82. The standard InChI is InChI=1S/C19H26N2O3/c1-20-13-16(12-18(20)22)19(23)21-10-9-17(14-21)24-11-5-8-15-6-3-2-4-7-15/h2-4,6-7,16-17H,5,8-14H2,1H3/t16-,17+/m1/s1. The molecule has 2 fully saturated rings. The molecule has 1 aromatic carbocycles. The number of benzene rings is 1. The summed E-state index contributed by atoms with van der Waals surface area (Å²) in [4.78, 5) is 27.6. The van der Waals surface area contributed by atoms with Gasteiger partial charge in [0.15, 0.2) is 0 Å². The zero-order chi connectivity index (χ0) is 16.9. The minimum absolute atomic E-state index is 0.0706. The largest absolute Gasteiger partial charge is 0.376 e. The second-order valence-electron chi connectivity index (χ2n) is 6.83. The van der Waals surface area contributed by atoms with Gasteiger partial charge in [0.05, 0.1) is 12.0 Å². The van der Waals surface area contributed by atoms with E-state index in [2.05, 4.69) is 24.3 Å².